The van der Waals surface area contributed by atoms with Crippen molar-refractivity contribution in [2.45, 2.75) is 39.5 Å². The van der Waals surface area contributed by atoms with Gasteiger partial charge in [0.15, 0.2) is 0 Å². The van der Waals surface area contributed by atoms with Gasteiger partial charge in [-0.1, -0.05) is 6.07 Å². The zero-order chi connectivity index (χ0) is 14.5. The molecule has 1 aliphatic heterocycles. The van der Waals surface area contributed by atoms with Crippen LogP contribution in [0.25, 0.3) is 0 Å². The highest BCUT2D eigenvalue weighted by Gasteiger charge is 2.19. The van der Waals surface area contributed by atoms with Crippen LogP contribution in [0, 0.1) is 13.8 Å². The fourth-order valence-corrected chi connectivity index (χ4v) is 2.64. The normalized spacial score (nSPS) is 15.0. The predicted molar refractivity (Wildman–Crippen MR) is 79.6 cm³/mol. The molecule has 4 nitrogen and oxygen atoms in total. The van der Waals surface area contributed by atoms with Crippen molar-refractivity contribution >= 4 is 17.5 Å². The molecule has 1 heterocycles. The van der Waals surface area contributed by atoms with Crippen LogP contribution >= 0.6 is 0 Å². The van der Waals surface area contributed by atoms with Crippen LogP contribution in [0.4, 0.5) is 5.69 Å². The van der Waals surface area contributed by atoms with Gasteiger partial charge in [-0.2, -0.15) is 0 Å². The summed E-state index contributed by atoms with van der Waals surface area (Å²) in [5, 5.41) is 2.81. The summed E-state index contributed by atoms with van der Waals surface area (Å²) in [6, 6.07) is 5.88. The zero-order valence-electron chi connectivity index (χ0n) is 12.2. The largest absolute Gasteiger partial charge is 0.342 e. The number of rotatable bonds is 3. The van der Waals surface area contributed by atoms with E-state index < -0.39 is 0 Å². The van der Waals surface area contributed by atoms with Crippen molar-refractivity contribution in [3.8, 4) is 0 Å². The monoisotopic (exact) mass is 274 g/mol. The van der Waals surface area contributed by atoms with Gasteiger partial charge in [0.05, 0.1) is 0 Å². The first-order chi connectivity index (χ1) is 9.54. The van der Waals surface area contributed by atoms with E-state index in [1.807, 2.05) is 26.0 Å². The minimum absolute atomic E-state index is 0.0625. The standard InChI is InChI=1S/C16H22N2O2/c1-12-8-13(2)10-14(9-12)17-15(19)11-16(20)18-6-4-3-5-7-18/h8-10H,3-7,11H2,1-2H3,(H,17,19). The molecule has 1 saturated heterocycles. The summed E-state index contributed by atoms with van der Waals surface area (Å²) in [5.74, 6) is -0.294. The molecule has 1 aromatic rings. The molecular formula is C16H22N2O2. The lowest BCUT2D eigenvalue weighted by atomic mass is 10.1. The molecule has 108 valence electrons. The minimum Gasteiger partial charge on any atom is -0.342 e. The van der Waals surface area contributed by atoms with Gasteiger partial charge < -0.3 is 10.2 Å². The summed E-state index contributed by atoms with van der Waals surface area (Å²) < 4.78 is 0. The van der Waals surface area contributed by atoms with Gasteiger partial charge in [-0.15, -0.1) is 0 Å². The second-order valence-corrected chi connectivity index (χ2v) is 5.54. The predicted octanol–water partition coefficient (Wildman–Crippen LogP) is 2.64. The van der Waals surface area contributed by atoms with Gasteiger partial charge in [0.25, 0.3) is 0 Å². The maximum Gasteiger partial charge on any atom is 0.233 e. The van der Waals surface area contributed by atoms with Gasteiger partial charge in [-0.3, -0.25) is 9.59 Å². The second-order valence-electron chi connectivity index (χ2n) is 5.54. The lowest BCUT2D eigenvalue weighted by Gasteiger charge is -2.26. The number of anilines is 1. The van der Waals surface area contributed by atoms with Crippen molar-refractivity contribution in [2.75, 3.05) is 18.4 Å². The quantitative estimate of drug-likeness (QED) is 0.861. The van der Waals surface area contributed by atoms with Crippen molar-refractivity contribution < 1.29 is 9.59 Å². The van der Waals surface area contributed by atoms with Crippen molar-refractivity contribution in [1.29, 1.82) is 0 Å². The lowest BCUT2D eigenvalue weighted by molar-refractivity contribution is -0.135. The van der Waals surface area contributed by atoms with Gasteiger partial charge in [0, 0.05) is 18.8 Å². The Kier molecular flexibility index (Phi) is 4.77. The van der Waals surface area contributed by atoms with Gasteiger partial charge in [0.2, 0.25) is 11.8 Å². The molecule has 0 atom stereocenters. The minimum atomic E-state index is -0.231. The van der Waals surface area contributed by atoms with Crippen LogP contribution in [0.5, 0.6) is 0 Å². The smallest absolute Gasteiger partial charge is 0.233 e. The summed E-state index contributed by atoms with van der Waals surface area (Å²) in [6.07, 6.45) is 3.21. The fraction of sp³-hybridized carbons (Fsp3) is 0.500. The fourth-order valence-electron chi connectivity index (χ4n) is 2.64. The third-order valence-corrected chi connectivity index (χ3v) is 3.53. The first kappa shape index (κ1) is 14.6. The van der Waals surface area contributed by atoms with E-state index in [-0.39, 0.29) is 18.2 Å². The van der Waals surface area contributed by atoms with Crippen molar-refractivity contribution in [1.82, 2.24) is 4.90 Å². The van der Waals surface area contributed by atoms with Crippen LogP contribution in [0.15, 0.2) is 18.2 Å². The molecule has 1 fully saturated rings. The Hall–Kier alpha value is -1.84. The van der Waals surface area contributed by atoms with Crippen LogP contribution in [-0.4, -0.2) is 29.8 Å². The molecule has 1 aromatic carbocycles. The number of aryl methyl sites for hydroxylation is 2. The molecule has 2 rings (SSSR count). The summed E-state index contributed by atoms with van der Waals surface area (Å²) in [4.78, 5) is 25.7. The molecule has 1 aliphatic rings. The van der Waals surface area contributed by atoms with Gasteiger partial charge >= 0.3 is 0 Å². The third-order valence-electron chi connectivity index (χ3n) is 3.53. The number of hydrogen-bond acceptors (Lipinski definition) is 2. The molecular weight excluding hydrogens is 252 g/mol. The van der Waals surface area contributed by atoms with Gasteiger partial charge in [-0.05, 0) is 56.4 Å². The second kappa shape index (κ2) is 6.55. The van der Waals surface area contributed by atoms with E-state index in [9.17, 15) is 9.59 Å². The van der Waals surface area contributed by atoms with E-state index in [0.717, 1.165) is 42.7 Å². The SMILES string of the molecule is Cc1cc(C)cc(NC(=O)CC(=O)N2CCCCC2)c1. The van der Waals surface area contributed by atoms with Crippen molar-refractivity contribution in [3.05, 3.63) is 29.3 Å². The molecule has 0 aliphatic carbocycles. The van der Waals surface area contributed by atoms with E-state index in [1.165, 1.54) is 6.42 Å². The number of piperidine rings is 1. The van der Waals surface area contributed by atoms with E-state index in [4.69, 9.17) is 0 Å². The number of nitrogens with one attached hydrogen (secondary N) is 1. The van der Waals surface area contributed by atoms with Gasteiger partial charge in [0.1, 0.15) is 6.42 Å². The maximum absolute atomic E-state index is 12.0. The summed E-state index contributed by atoms with van der Waals surface area (Å²) >= 11 is 0. The Balaban J connectivity index is 1.89. The third kappa shape index (κ3) is 4.08. The van der Waals surface area contributed by atoms with E-state index in [1.54, 1.807) is 4.90 Å². The highest BCUT2D eigenvalue weighted by molar-refractivity contribution is 6.03. The number of benzene rings is 1. The molecule has 20 heavy (non-hydrogen) atoms. The summed E-state index contributed by atoms with van der Waals surface area (Å²) in [5.41, 5.74) is 2.96. The number of hydrogen-bond donors (Lipinski definition) is 1. The molecule has 4 heteroatoms. The molecule has 0 spiro atoms. The summed E-state index contributed by atoms with van der Waals surface area (Å²) in [7, 11) is 0. The van der Waals surface area contributed by atoms with Crippen LogP contribution in [0.3, 0.4) is 0 Å². The molecule has 0 saturated carbocycles. The number of carbonyl (C=O) groups is 2. The van der Waals surface area contributed by atoms with E-state index in [2.05, 4.69) is 11.4 Å². The number of amides is 2. The van der Waals surface area contributed by atoms with E-state index >= 15 is 0 Å². The first-order valence-electron chi connectivity index (χ1n) is 7.20. The van der Waals surface area contributed by atoms with Crippen molar-refractivity contribution in [2.24, 2.45) is 0 Å². The average molecular weight is 274 g/mol. The molecule has 0 aromatic heterocycles. The average Bonchev–Trinajstić information content (AvgIpc) is 2.38. The van der Waals surface area contributed by atoms with Crippen LogP contribution in [0.1, 0.15) is 36.8 Å². The first-order valence-corrected chi connectivity index (χ1v) is 7.20. The maximum atomic E-state index is 12.0. The molecule has 0 unspecified atom stereocenters. The molecule has 0 bridgehead atoms. The number of carbonyl (C=O) groups excluding carboxylic acids is 2. The van der Waals surface area contributed by atoms with E-state index in [0.29, 0.717) is 0 Å². The topological polar surface area (TPSA) is 49.4 Å². The highest BCUT2D eigenvalue weighted by atomic mass is 16.2. The van der Waals surface area contributed by atoms with Crippen LogP contribution < -0.4 is 5.32 Å². The Labute approximate surface area is 120 Å². The Morgan fingerprint density at radius 2 is 1.65 bits per heavy atom. The van der Waals surface area contributed by atoms with Crippen molar-refractivity contribution in [3.63, 3.8) is 0 Å². The summed E-state index contributed by atoms with van der Waals surface area (Å²) in [6.45, 7) is 5.55. The molecule has 0 radical (unpaired) electrons. The highest BCUT2D eigenvalue weighted by Crippen LogP contribution is 2.15. The van der Waals surface area contributed by atoms with Crippen LogP contribution in [0.2, 0.25) is 0 Å². The molecule has 1 N–H and O–H groups in total. The number of nitrogens with zero attached hydrogens (tertiary/aromatic N) is 1. The Morgan fingerprint density at radius 1 is 1.05 bits per heavy atom. The zero-order valence-corrected chi connectivity index (χ0v) is 12.2. The lowest BCUT2D eigenvalue weighted by Crippen LogP contribution is -2.37. The molecule has 2 amide bonds. The number of likely N-dealkylation sites (tertiary alicyclic amines) is 1. The van der Waals surface area contributed by atoms with Gasteiger partial charge in [-0.25, -0.2) is 0 Å². The van der Waals surface area contributed by atoms with Crippen LogP contribution in [-0.2, 0) is 9.59 Å². The Morgan fingerprint density at radius 3 is 2.25 bits per heavy atom. The Bertz CT molecular complexity index is 485.